The summed E-state index contributed by atoms with van der Waals surface area (Å²) in [6, 6.07) is 5.32. The first-order chi connectivity index (χ1) is 7.50. The highest BCUT2D eigenvalue weighted by atomic mass is 16.2. The average Bonchev–Trinajstić information content (AvgIpc) is 2.25. The first-order valence-electron chi connectivity index (χ1n) is 4.99. The Morgan fingerprint density at radius 2 is 2.06 bits per heavy atom. The number of hydrogen-bond donors (Lipinski definition) is 2. The smallest absolute Gasteiger partial charge is 0.316 e. The Bertz CT molecular complexity index is 652. The Morgan fingerprint density at radius 3 is 2.69 bits per heavy atom. The van der Waals surface area contributed by atoms with Gasteiger partial charge in [-0.3, -0.25) is 9.59 Å². The molecule has 0 fully saturated rings. The zero-order chi connectivity index (χ0) is 11.9. The van der Waals surface area contributed by atoms with Crippen molar-refractivity contribution in [2.75, 3.05) is 0 Å². The van der Waals surface area contributed by atoms with E-state index in [0.29, 0.717) is 11.0 Å². The number of nitrogens with two attached hydrogens (primary N) is 1. The molecule has 2 aromatic rings. The summed E-state index contributed by atoms with van der Waals surface area (Å²) >= 11 is 0. The molecule has 0 saturated carbocycles. The molecular weight excluding hydrogens is 206 g/mol. The lowest BCUT2D eigenvalue weighted by Gasteiger charge is -2.08. The molecule has 0 aliphatic rings. The van der Waals surface area contributed by atoms with Crippen LogP contribution in [0.2, 0.25) is 0 Å². The van der Waals surface area contributed by atoms with E-state index in [9.17, 15) is 9.59 Å². The van der Waals surface area contributed by atoms with E-state index in [1.807, 2.05) is 13.0 Å². The molecule has 0 bridgehead atoms. The fraction of sp³-hybridized carbons (Fsp3) is 0.273. The molecule has 3 N–H and O–H groups in total. The van der Waals surface area contributed by atoms with Gasteiger partial charge in [-0.15, -0.1) is 0 Å². The van der Waals surface area contributed by atoms with Crippen LogP contribution in [0.3, 0.4) is 0 Å². The Balaban J connectivity index is 2.86. The van der Waals surface area contributed by atoms with Gasteiger partial charge in [0.15, 0.2) is 0 Å². The summed E-state index contributed by atoms with van der Waals surface area (Å²) in [5, 5.41) is 0. The molecule has 84 valence electrons. The molecule has 0 saturated heterocycles. The van der Waals surface area contributed by atoms with Gasteiger partial charge in [-0.1, -0.05) is 6.07 Å². The summed E-state index contributed by atoms with van der Waals surface area (Å²) in [5.74, 6) is 0. The maximum atomic E-state index is 11.4. The molecule has 1 aromatic carbocycles. The lowest BCUT2D eigenvalue weighted by Crippen LogP contribution is -2.34. The number of aromatic nitrogens is 2. The number of nitrogens with one attached hydrogen (secondary N) is 1. The monoisotopic (exact) mass is 219 g/mol. The number of benzene rings is 1. The Labute approximate surface area is 91.5 Å². The van der Waals surface area contributed by atoms with E-state index in [0.717, 1.165) is 5.56 Å². The highest BCUT2D eigenvalue weighted by Crippen LogP contribution is 2.15. The average molecular weight is 219 g/mol. The minimum absolute atomic E-state index is 0.106. The van der Waals surface area contributed by atoms with Gasteiger partial charge in [-0.2, -0.15) is 0 Å². The van der Waals surface area contributed by atoms with E-state index in [1.54, 1.807) is 19.2 Å². The van der Waals surface area contributed by atoms with Crippen molar-refractivity contribution in [3.8, 4) is 0 Å². The first-order valence-corrected chi connectivity index (χ1v) is 4.99. The summed E-state index contributed by atoms with van der Waals surface area (Å²) in [4.78, 5) is 25.3. The van der Waals surface area contributed by atoms with Crippen LogP contribution in [0.25, 0.3) is 11.0 Å². The van der Waals surface area contributed by atoms with Crippen LogP contribution in [-0.4, -0.2) is 9.55 Å². The second kappa shape index (κ2) is 3.61. The molecule has 1 aromatic heterocycles. The van der Waals surface area contributed by atoms with Crippen LogP contribution in [0, 0.1) is 0 Å². The zero-order valence-electron chi connectivity index (χ0n) is 9.15. The summed E-state index contributed by atoms with van der Waals surface area (Å²) < 4.78 is 1.33. The van der Waals surface area contributed by atoms with Gasteiger partial charge in [0.1, 0.15) is 0 Å². The molecule has 1 unspecified atom stereocenters. The number of H-pyrrole nitrogens is 1. The maximum Gasteiger partial charge on any atom is 0.316 e. The molecule has 1 heterocycles. The molecule has 2 rings (SSSR count). The van der Waals surface area contributed by atoms with E-state index < -0.39 is 11.1 Å². The van der Waals surface area contributed by atoms with Crippen LogP contribution >= 0.6 is 0 Å². The van der Waals surface area contributed by atoms with Gasteiger partial charge < -0.3 is 15.3 Å². The van der Waals surface area contributed by atoms with Crippen molar-refractivity contribution < 1.29 is 0 Å². The molecule has 16 heavy (non-hydrogen) atoms. The van der Waals surface area contributed by atoms with Crippen LogP contribution in [0.1, 0.15) is 18.5 Å². The predicted molar refractivity (Wildman–Crippen MR) is 62.4 cm³/mol. The number of fused-ring (bicyclic) bond motifs is 1. The van der Waals surface area contributed by atoms with Crippen molar-refractivity contribution in [2.24, 2.45) is 12.8 Å². The summed E-state index contributed by atoms with van der Waals surface area (Å²) in [5.41, 5.74) is 6.82. The topological polar surface area (TPSA) is 80.9 Å². The molecule has 5 nitrogen and oxygen atoms in total. The minimum atomic E-state index is -0.614. The molecule has 0 aliphatic carbocycles. The number of nitrogens with zero attached hydrogens (tertiary/aromatic N) is 1. The summed E-state index contributed by atoms with van der Waals surface area (Å²) in [6.07, 6.45) is 0. The van der Waals surface area contributed by atoms with Crippen LogP contribution in [-0.2, 0) is 7.05 Å². The molecule has 0 aliphatic heterocycles. The summed E-state index contributed by atoms with van der Waals surface area (Å²) in [6.45, 7) is 1.86. The molecular formula is C11H13N3O2. The molecule has 1 atom stereocenters. The third kappa shape index (κ3) is 1.55. The van der Waals surface area contributed by atoms with Crippen LogP contribution < -0.4 is 16.9 Å². The number of aryl methyl sites for hydroxylation is 1. The van der Waals surface area contributed by atoms with E-state index in [-0.39, 0.29) is 6.04 Å². The molecule has 5 heteroatoms. The van der Waals surface area contributed by atoms with E-state index >= 15 is 0 Å². The van der Waals surface area contributed by atoms with Crippen molar-refractivity contribution in [1.82, 2.24) is 9.55 Å². The van der Waals surface area contributed by atoms with Gasteiger partial charge in [0.05, 0.1) is 11.0 Å². The maximum absolute atomic E-state index is 11.4. The lowest BCUT2D eigenvalue weighted by molar-refractivity contribution is 0.816. The second-order valence-electron chi connectivity index (χ2n) is 3.88. The van der Waals surface area contributed by atoms with Gasteiger partial charge in [0.25, 0.3) is 0 Å². The normalized spacial score (nSPS) is 12.9. The van der Waals surface area contributed by atoms with Gasteiger partial charge >= 0.3 is 11.1 Å². The van der Waals surface area contributed by atoms with Crippen molar-refractivity contribution in [2.45, 2.75) is 13.0 Å². The standard InChI is InChI=1S/C11H13N3O2/c1-6(12)7-3-4-9-8(5-7)13-10(15)11(16)14(9)2/h3-6H,12H2,1-2H3,(H,13,15). The Morgan fingerprint density at radius 1 is 1.38 bits per heavy atom. The highest BCUT2D eigenvalue weighted by molar-refractivity contribution is 5.75. The quantitative estimate of drug-likeness (QED) is 0.674. The Kier molecular flexibility index (Phi) is 2.40. The lowest BCUT2D eigenvalue weighted by atomic mass is 10.1. The fourth-order valence-electron chi connectivity index (χ4n) is 1.67. The highest BCUT2D eigenvalue weighted by Gasteiger charge is 2.06. The third-order valence-corrected chi connectivity index (χ3v) is 2.65. The van der Waals surface area contributed by atoms with Gasteiger partial charge in [0, 0.05) is 13.1 Å². The molecule has 0 radical (unpaired) electrons. The Hall–Kier alpha value is -1.88. The van der Waals surface area contributed by atoms with Crippen molar-refractivity contribution in [1.29, 1.82) is 0 Å². The van der Waals surface area contributed by atoms with Gasteiger partial charge in [-0.05, 0) is 24.6 Å². The molecule has 0 spiro atoms. The largest absolute Gasteiger partial charge is 0.324 e. The van der Waals surface area contributed by atoms with Crippen LogP contribution in [0.4, 0.5) is 0 Å². The molecule has 0 amide bonds. The van der Waals surface area contributed by atoms with Crippen LogP contribution in [0.15, 0.2) is 27.8 Å². The van der Waals surface area contributed by atoms with Crippen molar-refractivity contribution >= 4 is 11.0 Å². The minimum Gasteiger partial charge on any atom is -0.324 e. The van der Waals surface area contributed by atoms with Crippen molar-refractivity contribution in [3.05, 3.63) is 44.5 Å². The van der Waals surface area contributed by atoms with E-state index in [4.69, 9.17) is 5.73 Å². The van der Waals surface area contributed by atoms with Crippen molar-refractivity contribution in [3.63, 3.8) is 0 Å². The zero-order valence-corrected chi connectivity index (χ0v) is 9.15. The predicted octanol–water partition coefficient (Wildman–Crippen LogP) is 0.246. The van der Waals surface area contributed by atoms with E-state index in [1.165, 1.54) is 4.57 Å². The van der Waals surface area contributed by atoms with E-state index in [2.05, 4.69) is 4.98 Å². The number of hydrogen-bond acceptors (Lipinski definition) is 3. The number of rotatable bonds is 1. The van der Waals surface area contributed by atoms with Crippen LogP contribution in [0.5, 0.6) is 0 Å². The SMILES string of the molecule is CC(N)c1ccc2c(c1)[nH]c(=O)c(=O)n2C. The second-order valence-corrected chi connectivity index (χ2v) is 3.88. The van der Waals surface area contributed by atoms with Gasteiger partial charge in [-0.25, -0.2) is 0 Å². The van der Waals surface area contributed by atoms with Gasteiger partial charge in [0.2, 0.25) is 0 Å². The summed E-state index contributed by atoms with van der Waals surface area (Å²) in [7, 11) is 1.57. The number of aromatic amines is 1. The first kappa shape index (κ1) is 10.6. The third-order valence-electron chi connectivity index (χ3n) is 2.65. The fourth-order valence-corrected chi connectivity index (χ4v) is 1.67.